The van der Waals surface area contributed by atoms with Gasteiger partial charge < -0.3 is 19.8 Å². The summed E-state index contributed by atoms with van der Waals surface area (Å²) in [5, 5.41) is 20.6. The minimum atomic E-state index is -0.930. The van der Waals surface area contributed by atoms with Gasteiger partial charge in [-0.2, -0.15) is 0 Å². The molecule has 0 aliphatic carbocycles. The minimum absolute atomic E-state index is 0.0278. The topological polar surface area (TPSA) is 70.0 Å². The smallest absolute Gasteiger partial charge is 0.410 e. The highest BCUT2D eigenvalue weighted by molar-refractivity contribution is 5.69. The van der Waals surface area contributed by atoms with Gasteiger partial charge in [-0.3, -0.25) is 0 Å². The zero-order valence-electron chi connectivity index (χ0n) is 13.6. The maximum Gasteiger partial charge on any atom is 0.410 e. The van der Waals surface area contributed by atoms with Crippen LogP contribution in [0.4, 0.5) is 4.79 Å². The van der Waals surface area contributed by atoms with Crippen LogP contribution < -0.4 is 0 Å². The van der Waals surface area contributed by atoms with E-state index in [0.717, 1.165) is 24.0 Å². The molecule has 5 nitrogen and oxygen atoms in total. The quantitative estimate of drug-likeness (QED) is 0.892. The summed E-state index contributed by atoms with van der Waals surface area (Å²) in [4.78, 5) is 14.0. The monoisotopic (exact) mass is 319 g/mol. The SMILES string of the molecule is CCOC(=O)N1C2CCC1CC(O)(c1ccccc1CCO)C2. The van der Waals surface area contributed by atoms with E-state index >= 15 is 0 Å². The molecule has 1 aromatic carbocycles. The van der Waals surface area contributed by atoms with Crippen molar-refractivity contribution in [3.63, 3.8) is 0 Å². The Balaban J connectivity index is 1.85. The molecular formula is C18H25NO4. The molecule has 2 unspecified atom stereocenters. The number of rotatable bonds is 4. The van der Waals surface area contributed by atoms with Crippen molar-refractivity contribution in [1.29, 1.82) is 0 Å². The third-order valence-corrected chi connectivity index (χ3v) is 5.15. The fourth-order valence-electron chi connectivity index (χ4n) is 4.25. The maximum absolute atomic E-state index is 12.2. The Bertz CT molecular complexity index is 560. The highest BCUT2D eigenvalue weighted by atomic mass is 16.6. The first-order chi connectivity index (χ1) is 11.1. The molecule has 2 aliphatic heterocycles. The first-order valence-electron chi connectivity index (χ1n) is 8.45. The maximum atomic E-state index is 12.2. The lowest BCUT2D eigenvalue weighted by Crippen LogP contribution is -2.52. The molecule has 2 aliphatic rings. The summed E-state index contributed by atoms with van der Waals surface area (Å²) < 4.78 is 5.17. The second kappa shape index (κ2) is 6.49. The van der Waals surface area contributed by atoms with Gasteiger partial charge in [-0.25, -0.2) is 4.79 Å². The molecule has 0 aromatic heterocycles. The van der Waals surface area contributed by atoms with E-state index in [0.29, 0.717) is 25.9 Å². The van der Waals surface area contributed by atoms with Crippen molar-refractivity contribution in [2.75, 3.05) is 13.2 Å². The van der Waals surface area contributed by atoms with Crippen molar-refractivity contribution < 1.29 is 19.7 Å². The Labute approximate surface area is 136 Å². The van der Waals surface area contributed by atoms with Crippen LogP contribution in [0.15, 0.2) is 24.3 Å². The molecule has 5 heteroatoms. The fourth-order valence-corrected chi connectivity index (χ4v) is 4.25. The van der Waals surface area contributed by atoms with E-state index in [9.17, 15) is 15.0 Å². The number of piperidine rings is 1. The van der Waals surface area contributed by atoms with Crippen molar-refractivity contribution in [3.05, 3.63) is 35.4 Å². The first-order valence-corrected chi connectivity index (χ1v) is 8.45. The lowest BCUT2D eigenvalue weighted by Gasteiger charge is -2.44. The molecule has 2 fully saturated rings. The van der Waals surface area contributed by atoms with E-state index in [4.69, 9.17) is 4.74 Å². The van der Waals surface area contributed by atoms with Crippen molar-refractivity contribution in [2.45, 2.75) is 56.7 Å². The van der Waals surface area contributed by atoms with E-state index in [1.807, 2.05) is 36.1 Å². The van der Waals surface area contributed by atoms with Crippen molar-refractivity contribution >= 4 is 6.09 Å². The minimum Gasteiger partial charge on any atom is -0.450 e. The average Bonchev–Trinajstić information content (AvgIpc) is 2.81. The van der Waals surface area contributed by atoms with Gasteiger partial charge >= 0.3 is 6.09 Å². The van der Waals surface area contributed by atoms with Gasteiger partial charge in [-0.1, -0.05) is 24.3 Å². The van der Waals surface area contributed by atoms with Gasteiger partial charge in [0.1, 0.15) is 0 Å². The molecule has 2 heterocycles. The average molecular weight is 319 g/mol. The van der Waals surface area contributed by atoms with E-state index in [1.165, 1.54) is 0 Å². The van der Waals surface area contributed by atoms with Crippen LogP contribution in [0.1, 0.15) is 43.7 Å². The zero-order chi connectivity index (χ0) is 16.4. The Kier molecular flexibility index (Phi) is 4.60. The van der Waals surface area contributed by atoms with Crippen LogP contribution in [0.25, 0.3) is 0 Å². The molecule has 1 amide bonds. The second-order valence-corrected chi connectivity index (χ2v) is 6.56. The number of fused-ring (bicyclic) bond motifs is 2. The Morgan fingerprint density at radius 3 is 2.57 bits per heavy atom. The van der Waals surface area contributed by atoms with Gasteiger partial charge in [-0.05, 0) is 37.3 Å². The lowest BCUT2D eigenvalue weighted by molar-refractivity contribution is -0.0531. The number of hydrogen-bond donors (Lipinski definition) is 2. The predicted molar refractivity (Wildman–Crippen MR) is 86.0 cm³/mol. The highest BCUT2D eigenvalue weighted by Gasteiger charge is 2.51. The van der Waals surface area contributed by atoms with E-state index < -0.39 is 5.60 Å². The van der Waals surface area contributed by atoms with Crippen LogP contribution in [-0.2, 0) is 16.8 Å². The van der Waals surface area contributed by atoms with Gasteiger partial charge in [0.05, 0.1) is 12.2 Å². The number of benzene rings is 1. The normalized spacial score (nSPS) is 29.6. The van der Waals surface area contributed by atoms with Crippen LogP contribution in [-0.4, -0.2) is 46.5 Å². The molecule has 2 saturated heterocycles. The van der Waals surface area contributed by atoms with Gasteiger partial charge in [-0.15, -0.1) is 0 Å². The Hall–Kier alpha value is -1.59. The number of carbonyl (C=O) groups is 1. The number of nitrogens with zero attached hydrogens (tertiary/aromatic N) is 1. The third-order valence-electron chi connectivity index (χ3n) is 5.15. The van der Waals surface area contributed by atoms with Gasteiger partial charge in [0.2, 0.25) is 0 Å². The van der Waals surface area contributed by atoms with E-state index in [2.05, 4.69) is 0 Å². The molecule has 0 saturated carbocycles. The Morgan fingerprint density at radius 2 is 1.96 bits per heavy atom. The second-order valence-electron chi connectivity index (χ2n) is 6.56. The molecule has 1 aromatic rings. The van der Waals surface area contributed by atoms with Crippen molar-refractivity contribution in [1.82, 2.24) is 4.90 Å². The number of aliphatic hydroxyl groups is 2. The third kappa shape index (κ3) is 2.95. The van der Waals surface area contributed by atoms with Gasteiger partial charge in [0.25, 0.3) is 0 Å². The molecular weight excluding hydrogens is 294 g/mol. The van der Waals surface area contributed by atoms with Crippen molar-refractivity contribution in [2.24, 2.45) is 0 Å². The summed E-state index contributed by atoms with van der Waals surface area (Å²) in [6.07, 6.45) is 3.16. The molecule has 3 rings (SSSR count). The summed E-state index contributed by atoms with van der Waals surface area (Å²) in [6.45, 7) is 2.25. The largest absolute Gasteiger partial charge is 0.450 e. The summed E-state index contributed by atoms with van der Waals surface area (Å²) in [7, 11) is 0. The Morgan fingerprint density at radius 1 is 1.30 bits per heavy atom. The molecule has 2 bridgehead atoms. The van der Waals surface area contributed by atoms with Crippen LogP contribution in [0.5, 0.6) is 0 Å². The van der Waals surface area contributed by atoms with E-state index in [-0.39, 0.29) is 24.8 Å². The predicted octanol–water partition coefficient (Wildman–Crippen LogP) is 2.19. The van der Waals surface area contributed by atoms with Gasteiger partial charge in [0, 0.05) is 31.5 Å². The van der Waals surface area contributed by atoms with Crippen LogP contribution in [0.3, 0.4) is 0 Å². The number of hydrogen-bond acceptors (Lipinski definition) is 4. The number of ether oxygens (including phenoxy) is 1. The van der Waals surface area contributed by atoms with Crippen molar-refractivity contribution in [3.8, 4) is 0 Å². The first kappa shape index (κ1) is 16.3. The summed E-state index contributed by atoms with van der Waals surface area (Å²) in [5.41, 5.74) is 0.955. The standard InChI is InChI=1S/C18H25NO4/c1-2-23-17(21)19-14-7-8-15(19)12-18(22,11-14)16-6-4-3-5-13(16)9-10-20/h3-6,14-15,20,22H,2,7-12H2,1H3. The number of aliphatic hydroxyl groups excluding tert-OH is 1. The molecule has 126 valence electrons. The summed E-state index contributed by atoms with van der Waals surface area (Å²) in [6, 6.07) is 7.82. The van der Waals surface area contributed by atoms with Crippen LogP contribution in [0.2, 0.25) is 0 Å². The zero-order valence-corrected chi connectivity index (χ0v) is 13.6. The van der Waals surface area contributed by atoms with E-state index in [1.54, 1.807) is 0 Å². The molecule has 23 heavy (non-hydrogen) atoms. The summed E-state index contributed by atoms with van der Waals surface area (Å²) in [5.74, 6) is 0. The fraction of sp³-hybridized carbons (Fsp3) is 0.611. The molecule has 0 radical (unpaired) electrons. The lowest BCUT2D eigenvalue weighted by atomic mass is 9.78. The summed E-state index contributed by atoms with van der Waals surface area (Å²) >= 11 is 0. The molecule has 2 atom stereocenters. The molecule has 2 N–H and O–H groups in total. The van der Waals surface area contributed by atoms with Crippen LogP contribution >= 0.6 is 0 Å². The number of carbonyl (C=O) groups excluding carboxylic acids is 1. The highest BCUT2D eigenvalue weighted by Crippen LogP contribution is 2.46. The number of amides is 1. The van der Waals surface area contributed by atoms with Crippen LogP contribution in [0, 0.1) is 0 Å². The van der Waals surface area contributed by atoms with Gasteiger partial charge in [0.15, 0.2) is 0 Å². The molecule has 0 spiro atoms.